The first-order chi connectivity index (χ1) is 26.6. The molecule has 56 heavy (non-hydrogen) atoms. The Morgan fingerprint density at radius 3 is 1.29 bits per heavy atom. The van der Waals surface area contributed by atoms with E-state index >= 15 is 0 Å². The molecule has 0 bridgehead atoms. The van der Waals surface area contributed by atoms with Crippen LogP contribution in [0.15, 0.2) is 109 Å². The Kier molecular flexibility index (Phi) is 8.94. The summed E-state index contributed by atoms with van der Waals surface area (Å²) in [6.07, 6.45) is 0. The Balaban J connectivity index is 0.00000107. The Bertz CT molecular complexity index is 2640. The van der Waals surface area contributed by atoms with Gasteiger partial charge in [-0.15, -0.1) is 11.3 Å². The molecule has 0 saturated heterocycles. The standard InChI is InChI=1S/C50H45NS.2C2H6/c1-47(2,3)31-18-14-28(15-19-31)29-16-20-32-34-24-42-36(26-40(34)48(4,5)38(32)22-29)37-27-41-35(25-43(37)50(42,8)9)33-21-17-30(23-39(33)49(41,6)7)46-51-44-12-10-11-13-45(44)52-46;2*1-2/h10-27H,1-9H3;2*1-2H3. The van der Waals surface area contributed by atoms with Gasteiger partial charge in [-0.2, -0.15) is 0 Å². The van der Waals surface area contributed by atoms with Gasteiger partial charge in [0.25, 0.3) is 0 Å². The van der Waals surface area contributed by atoms with Crippen LogP contribution in [-0.4, -0.2) is 4.98 Å². The van der Waals surface area contributed by atoms with Crippen molar-refractivity contribution in [3.8, 4) is 55.1 Å². The molecular weight excluding hydrogens is 695 g/mol. The van der Waals surface area contributed by atoms with Crippen LogP contribution in [0.4, 0.5) is 0 Å². The molecule has 3 aliphatic carbocycles. The molecule has 0 aliphatic heterocycles. The van der Waals surface area contributed by atoms with Crippen LogP contribution in [0.1, 0.15) is 129 Å². The average molecular weight is 752 g/mol. The van der Waals surface area contributed by atoms with Crippen LogP contribution < -0.4 is 0 Å². The molecule has 2 heteroatoms. The van der Waals surface area contributed by atoms with Gasteiger partial charge in [-0.05, 0) is 137 Å². The summed E-state index contributed by atoms with van der Waals surface area (Å²) in [5, 5.41) is 1.09. The molecule has 1 nitrogen and oxygen atoms in total. The second-order valence-electron chi connectivity index (χ2n) is 18.1. The van der Waals surface area contributed by atoms with Crippen molar-refractivity contribution in [3.63, 3.8) is 0 Å². The van der Waals surface area contributed by atoms with E-state index in [4.69, 9.17) is 4.98 Å². The minimum absolute atomic E-state index is 0.1000. The average Bonchev–Trinajstić information content (AvgIpc) is 3.86. The molecular formula is C54H57NS. The molecule has 1 heterocycles. The van der Waals surface area contributed by atoms with Gasteiger partial charge in [0.2, 0.25) is 0 Å². The van der Waals surface area contributed by atoms with Gasteiger partial charge in [0.05, 0.1) is 10.2 Å². The van der Waals surface area contributed by atoms with Crippen molar-refractivity contribution in [3.05, 3.63) is 148 Å². The molecule has 0 N–H and O–H groups in total. The molecule has 0 radical (unpaired) electrons. The van der Waals surface area contributed by atoms with Crippen LogP contribution in [0.5, 0.6) is 0 Å². The maximum atomic E-state index is 5.00. The topological polar surface area (TPSA) is 12.9 Å². The molecule has 0 atom stereocenters. The minimum atomic E-state index is -0.118. The monoisotopic (exact) mass is 751 g/mol. The Morgan fingerprint density at radius 2 is 0.821 bits per heavy atom. The van der Waals surface area contributed by atoms with Crippen molar-refractivity contribution in [2.75, 3.05) is 0 Å². The van der Waals surface area contributed by atoms with Crippen molar-refractivity contribution in [1.82, 2.24) is 4.98 Å². The third kappa shape index (κ3) is 5.50. The lowest BCUT2D eigenvalue weighted by atomic mass is 9.78. The van der Waals surface area contributed by atoms with Crippen LogP contribution >= 0.6 is 11.3 Å². The second-order valence-corrected chi connectivity index (χ2v) is 19.1. The molecule has 284 valence electrons. The van der Waals surface area contributed by atoms with E-state index in [1.807, 2.05) is 27.7 Å². The molecule has 1 aromatic heterocycles. The van der Waals surface area contributed by atoms with Crippen LogP contribution in [0.2, 0.25) is 0 Å². The van der Waals surface area contributed by atoms with Crippen molar-refractivity contribution in [2.24, 2.45) is 0 Å². The van der Waals surface area contributed by atoms with Gasteiger partial charge >= 0.3 is 0 Å². The van der Waals surface area contributed by atoms with E-state index in [0.717, 1.165) is 10.5 Å². The molecule has 0 fully saturated rings. The van der Waals surface area contributed by atoms with Gasteiger partial charge in [-0.1, -0.05) is 151 Å². The molecule has 6 aromatic carbocycles. The summed E-state index contributed by atoms with van der Waals surface area (Å²) in [7, 11) is 0. The largest absolute Gasteiger partial charge is 0.236 e. The fourth-order valence-electron chi connectivity index (χ4n) is 9.66. The van der Waals surface area contributed by atoms with E-state index < -0.39 is 0 Å². The maximum Gasteiger partial charge on any atom is 0.124 e. The highest BCUT2D eigenvalue weighted by atomic mass is 32.1. The third-order valence-electron chi connectivity index (χ3n) is 12.9. The lowest BCUT2D eigenvalue weighted by Gasteiger charge is -2.25. The van der Waals surface area contributed by atoms with Gasteiger partial charge < -0.3 is 0 Å². The van der Waals surface area contributed by atoms with Crippen LogP contribution in [0, 0.1) is 0 Å². The quantitative estimate of drug-likeness (QED) is 0.171. The third-order valence-corrected chi connectivity index (χ3v) is 14.0. The number of hydrogen-bond donors (Lipinski definition) is 0. The highest BCUT2D eigenvalue weighted by Gasteiger charge is 2.44. The Morgan fingerprint density at radius 1 is 0.429 bits per heavy atom. The zero-order valence-electron chi connectivity index (χ0n) is 35.7. The summed E-state index contributed by atoms with van der Waals surface area (Å²) in [4.78, 5) is 5.00. The summed E-state index contributed by atoms with van der Waals surface area (Å²) < 4.78 is 1.24. The number of fused-ring (bicyclic) bond motifs is 10. The lowest BCUT2D eigenvalue weighted by Crippen LogP contribution is -2.17. The number of benzene rings is 6. The number of thiazole rings is 1. The van der Waals surface area contributed by atoms with E-state index in [1.54, 1.807) is 11.3 Å². The van der Waals surface area contributed by atoms with Crippen LogP contribution in [0.3, 0.4) is 0 Å². The number of aromatic nitrogens is 1. The molecule has 0 unspecified atom stereocenters. The van der Waals surface area contributed by atoms with E-state index in [2.05, 4.69) is 172 Å². The lowest BCUT2D eigenvalue weighted by molar-refractivity contribution is 0.590. The smallest absolute Gasteiger partial charge is 0.124 e. The van der Waals surface area contributed by atoms with Crippen molar-refractivity contribution < 1.29 is 0 Å². The molecule has 0 saturated carbocycles. The molecule has 7 aromatic rings. The fraction of sp³-hybridized carbons (Fsp3) is 0.315. The molecule has 10 rings (SSSR count). The second kappa shape index (κ2) is 13.1. The Labute approximate surface area is 339 Å². The van der Waals surface area contributed by atoms with Crippen molar-refractivity contribution >= 4 is 21.6 Å². The number of hydrogen-bond acceptors (Lipinski definition) is 2. The normalized spacial score (nSPS) is 15.7. The van der Waals surface area contributed by atoms with E-state index in [9.17, 15) is 0 Å². The van der Waals surface area contributed by atoms with Gasteiger partial charge in [0.1, 0.15) is 5.01 Å². The predicted molar refractivity (Wildman–Crippen MR) is 245 cm³/mol. The maximum absolute atomic E-state index is 5.00. The highest BCUT2D eigenvalue weighted by molar-refractivity contribution is 7.21. The Hall–Kier alpha value is -4.79. The van der Waals surface area contributed by atoms with Gasteiger partial charge in [0.15, 0.2) is 0 Å². The van der Waals surface area contributed by atoms with Crippen molar-refractivity contribution in [2.45, 2.75) is 112 Å². The van der Waals surface area contributed by atoms with Gasteiger partial charge in [-0.25, -0.2) is 4.98 Å². The zero-order valence-corrected chi connectivity index (χ0v) is 36.6. The fourth-order valence-corrected chi connectivity index (χ4v) is 10.6. The van der Waals surface area contributed by atoms with E-state index in [-0.39, 0.29) is 21.7 Å². The summed E-state index contributed by atoms with van der Waals surface area (Å²) in [6.45, 7) is 29.4. The first-order valence-corrected chi connectivity index (χ1v) is 21.6. The number of para-hydroxylation sites is 1. The number of nitrogens with zero attached hydrogens (tertiary/aromatic N) is 1. The van der Waals surface area contributed by atoms with Gasteiger partial charge in [-0.3, -0.25) is 0 Å². The summed E-state index contributed by atoms with van der Waals surface area (Å²) in [6, 6.07) is 42.1. The van der Waals surface area contributed by atoms with Crippen LogP contribution in [-0.2, 0) is 21.7 Å². The molecule has 0 spiro atoms. The first kappa shape index (κ1) is 38.1. The summed E-state index contributed by atoms with van der Waals surface area (Å²) in [5.74, 6) is 0. The molecule has 0 amide bonds. The SMILES string of the molecule is CC.CC.CC(C)(C)c1ccc(-c2ccc3c(c2)C(C)(C)c2cc4c(cc2-3)C(C)(C)c2cc3c(cc2-4)C(C)(C)c2cc(-c4nc5ccccc5s4)ccc2-3)cc1. The predicted octanol–water partition coefficient (Wildman–Crippen LogP) is 15.9. The van der Waals surface area contributed by atoms with Crippen LogP contribution in [0.25, 0.3) is 65.3 Å². The summed E-state index contributed by atoms with van der Waals surface area (Å²) >= 11 is 1.78. The van der Waals surface area contributed by atoms with Crippen molar-refractivity contribution in [1.29, 1.82) is 0 Å². The first-order valence-electron chi connectivity index (χ1n) is 20.8. The number of rotatable bonds is 2. The van der Waals surface area contributed by atoms with E-state index in [1.165, 1.54) is 93.7 Å². The molecule has 3 aliphatic rings. The zero-order chi connectivity index (χ0) is 40.1. The van der Waals surface area contributed by atoms with Gasteiger partial charge in [0, 0.05) is 21.8 Å². The van der Waals surface area contributed by atoms with E-state index in [0.29, 0.717) is 0 Å². The highest BCUT2D eigenvalue weighted by Crippen LogP contribution is 2.59. The minimum Gasteiger partial charge on any atom is -0.236 e. The summed E-state index contributed by atoms with van der Waals surface area (Å²) in [5.41, 5.74) is 23.0.